The number of amides is 3. The van der Waals surface area contributed by atoms with Crippen LogP contribution in [0.5, 0.6) is 0 Å². The maximum Gasteiger partial charge on any atom is 0.416 e. The molecule has 0 saturated carbocycles. The monoisotopic (exact) mass is 537 g/mol. The van der Waals surface area contributed by atoms with E-state index in [1.807, 2.05) is 0 Å². The van der Waals surface area contributed by atoms with Gasteiger partial charge in [-0.1, -0.05) is 23.7 Å². The van der Waals surface area contributed by atoms with Crippen molar-refractivity contribution in [3.05, 3.63) is 69.0 Å². The number of hydrogen-bond donors (Lipinski definition) is 1. The molecular weight excluding hydrogens is 514 g/mol. The fourth-order valence-corrected chi connectivity index (χ4v) is 5.66. The van der Waals surface area contributed by atoms with Gasteiger partial charge < -0.3 is 4.90 Å². The molecule has 2 saturated heterocycles. The number of fused-ring (bicyclic) bond motifs is 1. The SMILES string of the molecule is O=C1CCC(N2Cc3cc(C4CCN(Cc5ccc(C(F)(F)F)cc5Cl)CC4)c(F)cc3C2=O)C(=O)N1. The number of piperidine rings is 2. The van der Waals surface area contributed by atoms with Gasteiger partial charge in [0.05, 0.1) is 5.56 Å². The lowest BCUT2D eigenvalue weighted by molar-refractivity contribution is -0.138. The summed E-state index contributed by atoms with van der Waals surface area (Å²) < 4.78 is 53.8. The molecule has 11 heteroatoms. The molecule has 3 aliphatic rings. The van der Waals surface area contributed by atoms with Crippen LogP contribution in [0.1, 0.15) is 64.2 Å². The number of alkyl halides is 3. The van der Waals surface area contributed by atoms with Crippen molar-refractivity contribution >= 4 is 29.3 Å². The van der Waals surface area contributed by atoms with Crippen LogP contribution in [0.25, 0.3) is 0 Å². The molecule has 6 nitrogen and oxygen atoms in total. The van der Waals surface area contributed by atoms with Crippen LogP contribution in [-0.2, 0) is 28.9 Å². The number of imide groups is 1. The lowest BCUT2D eigenvalue weighted by Gasteiger charge is -2.32. The van der Waals surface area contributed by atoms with Crippen LogP contribution >= 0.6 is 11.6 Å². The molecule has 0 bridgehead atoms. The van der Waals surface area contributed by atoms with Gasteiger partial charge in [0.2, 0.25) is 11.8 Å². The molecule has 0 aliphatic carbocycles. The van der Waals surface area contributed by atoms with Crippen molar-refractivity contribution in [2.45, 2.75) is 56.9 Å². The summed E-state index contributed by atoms with van der Waals surface area (Å²) in [6.07, 6.45) is -2.80. The van der Waals surface area contributed by atoms with Crippen LogP contribution in [0.3, 0.4) is 0 Å². The summed E-state index contributed by atoms with van der Waals surface area (Å²) in [5.74, 6) is -1.85. The van der Waals surface area contributed by atoms with E-state index in [0.29, 0.717) is 49.2 Å². The van der Waals surface area contributed by atoms with Gasteiger partial charge in [-0.15, -0.1) is 0 Å². The third-order valence-corrected chi connectivity index (χ3v) is 7.79. The molecular formula is C26H24ClF4N3O3. The average Bonchev–Trinajstić information content (AvgIpc) is 3.15. The second-order valence-corrected chi connectivity index (χ2v) is 10.2. The van der Waals surface area contributed by atoms with E-state index in [1.54, 1.807) is 6.07 Å². The molecule has 196 valence electrons. The van der Waals surface area contributed by atoms with Crippen molar-refractivity contribution in [1.82, 2.24) is 15.1 Å². The van der Waals surface area contributed by atoms with Crippen LogP contribution in [0.15, 0.2) is 30.3 Å². The first-order chi connectivity index (χ1) is 17.5. The number of hydrogen-bond acceptors (Lipinski definition) is 4. The maximum atomic E-state index is 15.1. The van der Waals surface area contributed by atoms with Crippen molar-refractivity contribution < 1.29 is 31.9 Å². The van der Waals surface area contributed by atoms with Gasteiger partial charge in [0.25, 0.3) is 5.91 Å². The highest BCUT2D eigenvalue weighted by atomic mass is 35.5. The van der Waals surface area contributed by atoms with Gasteiger partial charge in [0, 0.05) is 30.1 Å². The number of carbonyl (C=O) groups is 3. The zero-order valence-corrected chi connectivity index (χ0v) is 20.5. The van der Waals surface area contributed by atoms with Crippen molar-refractivity contribution in [3.8, 4) is 0 Å². The Labute approximate surface area is 215 Å². The predicted molar refractivity (Wildman–Crippen MR) is 126 cm³/mol. The topological polar surface area (TPSA) is 69.7 Å². The normalized spacial score (nSPS) is 21.4. The van der Waals surface area contributed by atoms with E-state index >= 15 is 4.39 Å². The molecule has 0 radical (unpaired) electrons. The predicted octanol–water partition coefficient (Wildman–Crippen LogP) is 4.64. The highest BCUT2D eigenvalue weighted by Crippen LogP contribution is 2.37. The number of nitrogens with one attached hydrogen (secondary N) is 1. The molecule has 0 spiro atoms. The van der Waals surface area contributed by atoms with Gasteiger partial charge in [0.1, 0.15) is 11.9 Å². The molecule has 5 rings (SSSR count). The zero-order chi connectivity index (χ0) is 26.5. The second kappa shape index (κ2) is 9.72. The van der Waals surface area contributed by atoms with E-state index in [4.69, 9.17) is 11.6 Å². The van der Waals surface area contributed by atoms with Crippen molar-refractivity contribution in [2.75, 3.05) is 13.1 Å². The Morgan fingerprint density at radius 1 is 1.03 bits per heavy atom. The minimum absolute atomic E-state index is 0.0619. The summed E-state index contributed by atoms with van der Waals surface area (Å²) in [4.78, 5) is 40.1. The summed E-state index contributed by atoms with van der Waals surface area (Å²) in [6.45, 7) is 1.80. The molecule has 2 aromatic carbocycles. The number of halogens is 5. The molecule has 3 amide bonds. The van der Waals surface area contributed by atoms with Crippen LogP contribution in [0.4, 0.5) is 17.6 Å². The number of benzene rings is 2. The van der Waals surface area contributed by atoms with Crippen molar-refractivity contribution in [1.29, 1.82) is 0 Å². The summed E-state index contributed by atoms with van der Waals surface area (Å²) in [5, 5.41) is 2.32. The Balaban J connectivity index is 1.24. The van der Waals surface area contributed by atoms with Gasteiger partial charge in [0.15, 0.2) is 0 Å². The maximum absolute atomic E-state index is 15.1. The number of nitrogens with zero attached hydrogens (tertiary/aromatic N) is 2. The van der Waals surface area contributed by atoms with E-state index in [9.17, 15) is 27.6 Å². The second-order valence-electron chi connectivity index (χ2n) is 9.79. The first-order valence-electron chi connectivity index (χ1n) is 12.1. The lowest BCUT2D eigenvalue weighted by Crippen LogP contribution is -2.52. The van der Waals surface area contributed by atoms with Gasteiger partial charge in [-0.25, -0.2) is 4.39 Å². The van der Waals surface area contributed by atoms with Crippen LogP contribution in [-0.4, -0.2) is 46.7 Å². The minimum atomic E-state index is -4.45. The molecule has 1 N–H and O–H groups in total. The molecule has 2 fully saturated rings. The lowest BCUT2D eigenvalue weighted by atomic mass is 9.87. The molecule has 37 heavy (non-hydrogen) atoms. The van der Waals surface area contributed by atoms with E-state index in [1.165, 1.54) is 17.0 Å². The Hall–Kier alpha value is -2.98. The van der Waals surface area contributed by atoms with Crippen LogP contribution in [0, 0.1) is 5.82 Å². The first-order valence-corrected chi connectivity index (χ1v) is 12.4. The molecule has 1 atom stereocenters. The summed E-state index contributed by atoms with van der Waals surface area (Å²) in [7, 11) is 0. The van der Waals surface area contributed by atoms with Crippen LogP contribution in [0.2, 0.25) is 5.02 Å². The fraction of sp³-hybridized carbons (Fsp3) is 0.423. The molecule has 0 aromatic heterocycles. The standard InChI is InChI=1S/C26H24ClF4N3O3/c27-20-10-17(26(29,30)31)2-1-15(20)12-33-7-5-14(6-8-33)18-9-16-13-34(25(37)19(16)11-21(18)28)22-3-4-23(35)32-24(22)36/h1-2,9-11,14,22H,3-8,12-13H2,(H,32,35,36). The average molecular weight is 538 g/mol. The molecule has 3 heterocycles. The Morgan fingerprint density at radius 3 is 2.41 bits per heavy atom. The summed E-state index contributed by atoms with van der Waals surface area (Å²) in [5.41, 5.74) is 1.22. The van der Waals surface area contributed by atoms with E-state index in [0.717, 1.165) is 12.1 Å². The third kappa shape index (κ3) is 5.09. The Bertz CT molecular complexity index is 1270. The summed E-state index contributed by atoms with van der Waals surface area (Å²) in [6, 6.07) is 5.54. The molecule has 1 unspecified atom stereocenters. The first kappa shape index (κ1) is 25.7. The number of carbonyl (C=O) groups excluding carboxylic acids is 3. The highest BCUT2D eigenvalue weighted by Gasteiger charge is 2.40. The van der Waals surface area contributed by atoms with Gasteiger partial charge >= 0.3 is 6.18 Å². The largest absolute Gasteiger partial charge is 0.416 e. The quantitative estimate of drug-likeness (QED) is 0.456. The van der Waals surface area contributed by atoms with E-state index in [2.05, 4.69) is 10.2 Å². The molecule has 3 aliphatic heterocycles. The third-order valence-electron chi connectivity index (χ3n) is 7.44. The Morgan fingerprint density at radius 2 is 1.76 bits per heavy atom. The van der Waals surface area contributed by atoms with E-state index in [-0.39, 0.29) is 41.8 Å². The highest BCUT2D eigenvalue weighted by molar-refractivity contribution is 6.31. The van der Waals surface area contributed by atoms with Crippen LogP contribution < -0.4 is 5.32 Å². The van der Waals surface area contributed by atoms with Gasteiger partial charge in [-0.05, 0) is 73.2 Å². The van der Waals surface area contributed by atoms with Gasteiger partial charge in [-0.2, -0.15) is 13.2 Å². The number of likely N-dealkylation sites (tertiary alicyclic amines) is 1. The van der Waals surface area contributed by atoms with E-state index < -0.39 is 35.4 Å². The molecule has 2 aromatic rings. The fourth-order valence-electron chi connectivity index (χ4n) is 5.42. The Kier molecular flexibility index (Phi) is 6.74. The summed E-state index contributed by atoms with van der Waals surface area (Å²) >= 11 is 6.10. The van der Waals surface area contributed by atoms with Gasteiger partial charge in [-0.3, -0.25) is 24.6 Å². The smallest absolute Gasteiger partial charge is 0.322 e. The minimum Gasteiger partial charge on any atom is -0.322 e. The van der Waals surface area contributed by atoms with Crippen molar-refractivity contribution in [3.63, 3.8) is 0 Å². The number of rotatable bonds is 4. The zero-order valence-electron chi connectivity index (χ0n) is 19.7. The van der Waals surface area contributed by atoms with Crippen molar-refractivity contribution in [2.24, 2.45) is 0 Å².